The van der Waals surface area contributed by atoms with Crippen LogP contribution in [-0.2, 0) is 23.1 Å². The third-order valence-corrected chi connectivity index (χ3v) is 6.71. The molecule has 0 saturated heterocycles. The van der Waals surface area contributed by atoms with Crippen molar-refractivity contribution < 1.29 is 40.6 Å². The third-order valence-electron chi connectivity index (χ3n) is 6.71. The highest BCUT2D eigenvalue weighted by Crippen LogP contribution is 2.40. The van der Waals surface area contributed by atoms with Gasteiger partial charge in [0, 0.05) is 24.7 Å². The molecule has 5 nitrogen and oxygen atoms in total. The largest absolute Gasteiger partial charge is 0.573 e. The highest BCUT2D eigenvalue weighted by atomic mass is 19.4. The molecule has 1 aromatic heterocycles. The zero-order valence-electron chi connectivity index (χ0n) is 23.2. The summed E-state index contributed by atoms with van der Waals surface area (Å²) in [6, 6.07) is 22.0. The van der Waals surface area contributed by atoms with E-state index >= 15 is 0 Å². The van der Waals surface area contributed by atoms with Crippen LogP contribution in [0.4, 0.5) is 26.3 Å². The number of hydrogen-bond acceptors (Lipinski definition) is 4. The van der Waals surface area contributed by atoms with Crippen molar-refractivity contribution >= 4 is 5.76 Å². The third kappa shape index (κ3) is 8.81. The Hall–Kier alpha value is -4.38. The first-order valence-electron chi connectivity index (χ1n) is 13.3. The lowest BCUT2D eigenvalue weighted by Crippen LogP contribution is -2.41. The van der Waals surface area contributed by atoms with Crippen molar-refractivity contribution in [3.63, 3.8) is 0 Å². The molecule has 0 radical (unpaired) electrons. The van der Waals surface area contributed by atoms with Crippen molar-refractivity contribution in [2.45, 2.75) is 38.0 Å². The minimum absolute atomic E-state index is 0.125. The molecule has 43 heavy (non-hydrogen) atoms. The van der Waals surface area contributed by atoms with Gasteiger partial charge in [-0.25, -0.2) is 0 Å². The molecule has 1 heterocycles. The maximum Gasteiger partial charge on any atom is 0.573 e. The SMILES string of the molecule is C=C(OCC)c1cc(CNCC(Cc2ccccc2)(c2cccc(OC(F)(F)F)c2)c2cccc(OC(F)(F)F)c2)c[nH]1. The second-order valence-electron chi connectivity index (χ2n) is 9.78. The summed E-state index contributed by atoms with van der Waals surface area (Å²) in [7, 11) is 0. The van der Waals surface area contributed by atoms with Crippen LogP contribution in [0.15, 0.2) is 97.7 Å². The Morgan fingerprint density at radius 1 is 0.767 bits per heavy atom. The molecule has 0 bridgehead atoms. The molecule has 0 amide bonds. The molecule has 4 aromatic rings. The molecule has 0 aliphatic heterocycles. The average Bonchev–Trinajstić information content (AvgIpc) is 3.41. The molecule has 11 heteroatoms. The number of benzene rings is 3. The number of ether oxygens (including phenoxy) is 3. The predicted molar refractivity (Wildman–Crippen MR) is 150 cm³/mol. The van der Waals surface area contributed by atoms with Crippen LogP contribution in [0.2, 0.25) is 0 Å². The first kappa shape index (κ1) is 31.6. The summed E-state index contributed by atoms with van der Waals surface area (Å²) in [4.78, 5) is 3.09. The maximum atomic E-state index is 13.2. The first-order chi connectivity index (χ1) is 20.4. The smallest absolute Gasteiger partial charge is 0.492 e. The molecule has 0 aliphatic rings. The number of aromatic nitrogens is 1. The van der Waals surface area contributed by atoms with E-state index in [0.717, 1.165) is 11.1 Å². The fourth-order valence-corrected chi connectivity index (χ4v) is 4.94. The fourth-order valence-electron chi connectivity index (χ4n) is 4.94. The Morgan fingerprint density at radius 2 is 1.35 bits per heavy atom. The summed E-state index contributed by atoms with van der Waals surface area (Å²) < 4.78 is 92.9. The minimum atomic E-state index is -4.93. The lowest BCUT2D eigenvalue weighted by Gasteiger charge is -2.36. The van der Waals surface area contributed by atoms with Crippen LogP contribution in [0, 0.1) is 0 Å². The van der Waals surface area contributed by atoms with Gasteiger partial charge in [-0.15, -0.1) is 26.3 Å². The van der Waals surface area contributed by atoms with Gasteiger partial charge in [-0.3, -0.25) is 0 Å². The van der Waals surface area contributed by atoms with Gasteiger partial charge in [-0.1, -0.05) is 61.2 Å². The van der Waals surface area contributed by atoms with Gasteiger partial charge >= 0.3 is 12.7 Å². The number of nitrogens with one attached hydrogen (secondary N) is 2. The molecule has 0 fully saturated rings. The van der Waals surface area contributed by atoms with E-state index in [1.54, 1.807) is 18.3 Å². The molecule has 3 aromatic carbocycles. The highest BCUT2D eigenvalue weighted by molar-refractivity contribution is 5.54. The molecule has 0 spiro atoms. The molecule has 0 aliphatic carbocycles. The normalized spacial score (nSPS) is 12.2. The van der Waals surface area contributed by atoms with E-state index in [0.29, 0.717) is 35.7 Å². The summed E-state index contributed by atoms with van der Waals surface area (Å²) in [5.74, 6) is -0.431. The first-order valence-corrected chi connectivity index (χ1v) is 13.3. The zero-order valence-corrected chi connectivity index (χ0v) is 23.2. The number of halogens is 6. The Kier molecular flexibility index (Phi) is 9.75. The van der Waals surface area contributed by atoms with Crippen molar-refractivity contribution in [2.24, 2.45) is 0 Å². The predicted octanol–water partition coefficient (Wildman–Crippen LogP) is 8.14. The van der Waals surface area contributed by atoms with Gasteiger partial charge in [0.15, 0.2) is 0 Å². The van der Waals surface area contributed by atoms with Crippen LogP contribution in [0.3, 0.4) is 0 Å². The van der Waals surface area contributed by atoms with Crippen LogP contribution in [0.25, 0.3) is 5.76 Å². The van der Waals surface area contributed by atoms with Crippen molar-refractivity contribution in [1.29, 1.82) is 0 Å². The van der Waals surface area contributed by atoms with E-state index in [1.165, 1.54) is 36.4 Å². The van der Waals surface area contributed by atoms with Crippen LogP contribution in [0.5, 0.6) is 11.5 Å². The van der Waals surface area contributed by atoms with Crippen LogP contribution in [0.1, 0.15) is 34.9 Å². The summed E-state index contributed by atoms with van der Waals surface area (Å²) in [6.45, 7) is 6.62. The van der Waals surface area contributed by atoms with Crippen LogP contribution < -0.4 is 14.8 Å². The molecule has 228 valence electrons. The quantitative estimate of drug-likeness (QED) is 0.120. The van der Waals surface area contributed by atoms with E-state index in [9.17, 15) is 26.3 Å². The fraction of sp³-hybridized carbons (Fsp3) is 0.250. The van der Waals surface area contributed by atoms with Gasteiger partial charge in [0.05, 0.1) is 12.3 Å². The van der Waals surface area contributed by atoms with Gasteiger partial charge in [-0.05, 0) is 65.9 Å². The minimum Gasteiger partial charge on any atom is -0.492 e. The zero-order chi connectivity index (χ0) is 31.1. The summed E-state index contributed by atoms with van der Waals surface area (Å²) in [5.41, 5.74) is 1.97. The molecular weight excluding hydrogens is 574 g/mol. The Balaban J connectivity index is 1.79. The molecular formula is C32H30F6N2O3. The second-order valence-corrected chi connectivity index (χ2v) is 9.78. The summed E-state index contributed by atoms with van der Waals surface area (Å²) in [6.07, 6.45) is -7.87. The van der Waals surface area contributed by atoms with E-state index in [1.807, 2.05) is 43.3 Å². The Morgan fingerprint density at radius 3 is 1.88 bits per heavy atom. The van der Waals surface area contributed by atoms with E-state index < -0.39 is 29.6 Å². The lowest BCUT2D eigenvalue weighted by atomic mass is 9.70. The Bertz CT molecular complexity index is 1440. The number of rotatable bonds is 13. The van der Waals surface area contributed by atoms with Crippen molar-refractivity contribution in [3.8, 4) is 11.5 Å². The van der Waals surface area contributed by atoms with Gasteiger partial charge in [0.25, 0.3) is 0 Å². The van der Waals surface area contributed by atoms with Crippen LogP contribution >= 0.6 is 0 Å². The van der Waals surface area contributed by atoms with E-state index in [2.05, 4.69) is 26.4 Å². The monoisotopic (exact) mass is 604 g/mol. The standard InChI is InChI=1S/C32H30F6N2O3/c1-3-41-22(2)29-15-24(20-40-29)19-39-21-30(18-23-9-5-4-6-10-23,25-11-7-13-27(16-25)42-31(33,34)35)26-12-8-14-28(17-26)43-32(36,37)38/h4-17,20,39-40H,2-3,18-19,21H2,1H3. The second kappa shape index (κ2) is 13.3. The van der Waals surface area contributed by atoms with Crippen LogP contribution in [-0.4, -0.2) is 30.9 Å². The number of alkyl halides is 6. The summed E-state index contributed by atoms with van der Waals surface area (Å²) in [5, 5.41) is 3.36. The molecule has 4 rings (SSSR count). The number of hydrogen-bond donors (Lipinski definition) is 2. The van der Waals surface area contributed by atoms with E-state index in [-0.39, 0.29) is 13.0 Å². The molecule has 0 unspecified atom stereocenters. The van der Waals surface area contributed by atoms with E-state index in [4.69, 9.17) is 4.74 Å². The molecule has 0 atom stereocenters. The Labute approximate surface area is 245 Å². The van der Waals surface area contributed by atoms with Gasteiger partial charge in [-0.2, -0.15) is 0 Å². The lowest BCUT2D eigenvalue weighted by molar-refractivity contribution is -0.275. The van der Waals surface area contributed by atoms with Gasteiger partial charge in [0.1, 0.15) is 17.3 Å². The molecule has 2 N–H and O–H groups in total. The molecule has 0 saturated carbocycles. The topological polar surface area (TPSA) is 55.5 Å². The van der Waals surface area contributed by atoms with Crippen molar-refractivity contribution in [3.05, 3.63) is 126 Å². The number of aromatic amines is 1. The highest BCUT2D eigenvalue weighted by Gasteiger charge is 2.38. The van der Waals surface area contributed by atoms with Crippen molar-refractivity contribution in [1.82, 2.24) is 10.3 Å². The summed E-state index contributed by atoms with van der Waals surface area (Å²) >= 11 is 0. The maximum absolute atomic E-state index is 13.2. The number of H-pyrrole nitrogens is 1. The van der Waals surface area contributed by atoms with Gasteiger partial charge < -0.3 is 24.5 Å². The van der Waals surface area contributed by atoms with Crippen molar-refractivity contribution in [2.75, 3.05) is 13.2 Å². The average molecular weight is 605 g/mol. The van der Waals surface area contributed by atoms with Gasteiger partial charge in [0.2, 0.25) is 0 Å².